The highest BCUT2D eigenvalue weighted by Crippen LogP contribution is 2.73. The number of nitriles is 1. The molecule has 4 aliphatic carbocycles. The van der Waals surface area contributed by atoms with Crippen LogP contribution < -0.4 is 9.47 Å². The molecule has 5 rings (SSSR count). The number of carbonyl (C=O) groups is 2. The Balaban J connectivity index is 1.22. The van der Waals surface area contributed by atoms with Gasteiger partial charge < -0.3 is 9.47 Å². The zero-order valence-electron chi connectivity index (χ0n) is 19.7. The second-order valence-corrected chi connectivity index (χ2v) is 11.9. The molecule has 4 fully saturated rings. The molecule has 172 valence electrons. The summed E-state index contributed by atoms with van der Waals surface area (Å²) in [6.45, 7) is 14.5. The topological polar surface area (TPSA) is 76.4 Å². The summed E-state index contributed by atoms with van der Waals surface area (Å²) < 4.78 is 11.2. The maximum atomic E-state index is 12.8. The Morgan fingerprint density at radius 3 is 1.88 bits per heavy atom. The molecule has 5 atom stereocenters. The maximum Gasteiger partial charge on any atom is 0.339 e. The summed E-state index contributed by atoms with van der Waals surface area (Å²) in [5, 5.41) is 9.45. The van der Waals surface area contributed by atoms with E-state index in [9.17, 15) is 14.9 Å². The van der Waals surface area contributed by atoms with E-state index in [1.807, 2.05) is 6.92 Å². The normalized spacial score (nSPS) is 36.7. The number of ether oxygens (including phenoxy) is 2. The molecule has 0 N–H and O–H groups in total. The molecule has 0 saturated heterocycles. The standard InChI is InChI=1S/C28H31NO4/c1-17(27-12-19(27)10-25(3,4)14-27)23(30)32-21-7-6-8-22(9-21)33-24(31)18(2)28-13-20(28)11-26(5,15-28)16-29/h6-9,19-20H,1-2,10-15H2,3-5H3. The fourth-order valence-corrected chi connectivity index (χ4v) is 7.02. The molecule has 0 amide bonds. The number of nitrogens with zero attached hydrogens (tertiary/aromatic N) is 1. The highest BCUT2D eigenvalue weighted by atomic mass is 16.5. The van der Waals surface area contributed by atoms with Gasteiger partial charge in [0, 0.05) is 28.0 Å². The van der Waals surface area contributed by atoms with E-state index < -0.39 is 17.4 Å². The van der Waals surface area contributed by atoms with E-state index >= 15 is 0 Å². The van der Waals surface area contributed by atoms with Crippen molar-refractivity contribution in [3.8, 4) is 17.6 Å². The minimum atomic E-state index is -0.486. The Hall–Kier alpha value is -2.87. The van der Waals surface area contributed by atoms with Crippen LogP contribution in [0.4, 0.5) is 0 Å². The van der Waals surface area contributed by atoms with Gasteiger partial charge in [0.25, 0.3) is 0 Å². The van der Waals surface area contributed by atoms with Gasteiger partial charge in [-0.1, -0.05) is 33.1 Å². The van der Waals surface area contributed by atoms with E-state index in [0.29, 0.717) is 40.9 Å². The summed E-state index contributed by atoms with van der Waals surface area (Å²) in [5.74, 6) is 0.575. The molecule has 0 bridgehead atoms. The first-order valence-corrected chi connectivity index (χ1v) is 11.8. The average molecular weight is 446 g/mol. The van der Waals surface area contributed by atoms with Crippen molar-refractivity contribution < 1.29 is 19.1 Å². The van der Waals surface area contributed by atoms with E-state index in [-0.39, 0.29) is 16.2 Å². The first-order chi connectivity index (χ1) is 15.4. The summed E-state index contributed by atoms with van der Waals surface area (Å²) in [6.07, 6.45) is 5.42. The van der Waals surface area contributed by atoms with Crippen LogP contribution in [0.1, 0.15) is 59.3 Å². The number of carbonyl (C=O) groups excluding carboxylic acids is 2. The first kappa shape index (κ1) is 21.9. The fraction of sp³-hybridized carbons (Fsp3) is 0.536. The summed E-state index contributed by atoms with van der Waals surface area (Å²) in [7, 11) is 0. The average Bonchev–Trinajstić information content (AvgIpc) is 3.55. The molecule has 5 nitrogen and oxygen atoms in total. The Bertz CT molecular complexity index is 1140. The van der Waals surface area contributed by atoms with E-state index in [1.54, 1.807) is 24.3 Å². The number of hydrogen-bond acceptors (Lipinski definition) is 5. The Labute approximate surface area is 195 Å². The number of fused-ring (bicyclic) bond motifs is 2. The molecule has 5 unspecified atom stereocenters. The summed E-state index contributed by atoms with van der Waals surface area (Å²) in [6, 6.07) is 8.95. The van der Waals surface area contributed by atoms with Gasteiger partial charge in [-0.2, -0.15) is 5.26 Å². The summed E-state index contributed by atoms with van der Waals surface area (Å²) in [4.78, 5) is 25.7. The van der Waals surface area contributed by atoms with Gasteiger partial charge in [-0.05, 0) is 74.8 Å². The van der Waals surface area contributed by atoms with Crippen LogP contribution in [0.25, 0.3) is 0 Å². The number of rotatable bonds is 6. The predicted molar refractivity (Wildman–Crippen MR) is 123 cm³/mol. The van der Waals surface area contributed by atoms with Crippen molar-refractivity contribution in [1.82, 2.24) is 0 Å². The molecule has 0 aliphatic heterocycles. The third-order valence-corrected chi connectivity index (χ3v) is 8.65. The van der Waals surface area contributed by atoms with Crippen LogP contribution in [-0.4, -0.2) is 11.9 Å². The van der Waals surface area contributed by atoms with Gasteiger partial charge in [-0.25, -0.2) is 9.59 Å². The van der Waals surface area contributed by atoms with Crippen molar-refractivity contribution in [3.63, 3.8) is 0 Å². The molecule has 0 aromatic heterocycles. The van der Waals surface area contributed by atoms with Crippen LogP contribution >= 0.6 is 0 Å². The maximum absolute atomic E-state index is 12.8. The second kappa shape index (κ2) is 6.82. The zero-order valence-corrected chi connectivity index (χ0v) is 19.7. The molecular formula is C28H31NO4. The van der Waals surface area contributed by atoms with Crippen molar-refractivity contribution in [3.05, 3.63) is 48.6 Å². The molecule has 1 aromatic carbocycles. The lowest BCUT2D eigenvalue weighted by atomic mass is 9.82. The summed E-state index contributed by atoms with van der Waals surface area (Å²) in [5.41, 5.74) is 0.393. The van der Waals surface area contributed by atoms with Gasteiger partial charge in [0.05, 0.1) is 11.5 Å². The molecule has 0 radical (unpaired) electrons. The minimum absolute atomic E-state index is 0.109. The number of benzene rings is 1. The van der Waals surface area contributed by atoms with Gasteiger partial charge in [-0.3, -0.25) is 0 Å². The summed E-state index contributed by atoms with van der Waals surface area (Å²) >= 11 is 0. The number of hydrogen-bond donors (Lipinski definition) is 0. The molecule has 4 saturated carbocycles. The molecule has 5 heteroatoms. The van der Waals surface area contributed by atoms with Crippen LogP contribution in [0.3, 0.4) is 0 Å². The van der Waals surface area contributed by atoms with Crippen LogP contribution in [-0.2, 0) is 9.59 Å². The van der Waals surface area contributed by atoms with Gasteiger partial charge in [0.1, 0.15) is 11.5 Å². The fourth-order valence-electron chi connectivity index (χ4n) is 7.02. The molecular weight excluding hydrogens is 414 g/mol. The van der Waals surface area contributed by atoms with E-state index in [1.165, 1.54) is 0 Å². The molecule has 0 spiro atoms. The lowest BCUT2D eigenvalue weighted by Gasteiger charge is -2.23. The van der Waals surface area contributed by atoms with Crippen molar-refractivity contribution in [1.29, 1.82) is 5.26 Å². The second-order valence-electron chi connectivity index (χ2n) is 11.9. The third-order valence-electron chi connectivity index (χ3n) is 8.65. The largest absolute Gasteiger partial charge is 0.423 e. The minimum Gasteiger partial charge on any atom is -0.423 e. The van der Waals surface area contributed by atoms with Crippen molar-refractivity contribution in [2.24, 2.45) is 33.5 Å². The van der Waals surface area contributed by atoms with Crippen LogP contribution in [0.2, 0.25) is 0 Å². The molecule has 33 heavy (non-hydrogen) atoms. The Morgan fingerprint density at radius 2 is 1.42 bits per heavy atom. The zero-order chi connectivity index (χ0) is 23.8. The van der Waals surface area contributed by atoms with Gasteiger partial charge in [-0.15, -0.1) is 0 Å². The van der Waals surface area contributed by atoms with Gasteiger partial charge in [0.2, 0.25) is 0 Å². The van der Waals surface area contributed by atoms with Crippen molar-refractivity contribution in [2.75, 3.05) is 0 Å². The van der Waals surface area contributed by atoms with Crippen LogP contribution in [0, 0.1) is 44.8 Å². The van der Waals surface area contributed by atoms with E-state index in [4.69, 9.17) is 9.47 Å². The SMILES string of the molecule is C=C(C(=O)Oc1cccc(OC(=O)C(=C)C23CC2CC(C)(C#N)C3)c1)C12CC1CC(C)(C)C2. The third kappa shape index (κ3) is 3.51. The highest BCUT2D eigenvalue weighted by molar-refractivity contribution is 5.93. The quantitative estimate of drug-likeness (QED) is 0.316. The van der Waals surface area contributed by atoms with Crippen molar-refractivity contribution >= 4 is 11.9 Å². The Morgan fingerprint density at radius 1 is 0.909 bits per heavy atom. The predicted octanol–water partition coefficient (Wildman–Crippen LogP) is 5.77. The first-order valence-electron chi connectivity index (χ1n) is 11.8. The molecule has 0 heterocycles. The lowest BCUT2D eigenvalue weighted by Crippen LogP contribution is -2.21. The highest BCUT2D eigenvalue weighted by Gasteiger charge is 2.67. The van der Waals surface area contributed by atoms with E-state index in [2.05, 4.69) is 33.1 Å². The van der Waals surface area contributed by atoms with Crippen molar-refractivity contribution in [2.45, 2.75) is 59.3 Å². The van der Waals surface area contributed by atoms with Gasteiger partial charge in [0.15, 0.2) is 0 Å². The lowest BCUT2D eigenvalue weighted by molar-refractivity contribution is -0.131. The van der Waals surface area contributed by atoms with Crippen LogP contribution in [0.15, 0.2) is 48.6 Å². The molecule has 1 aromatic rings. The molecule has 4 aliphatic rings. The van der Waals surface area contributed by atoms with Crippen LogP contribution in [0.5, 0.6) is 11.5 Å². The smallest absolute Gasteiger partial charge is 0.339 e. The number of esters is 2. The van der Waals surface area contributed by atoms with E-state index in [0.717, 1.165) is 32.1 Å². The monoisotopic (exact) mass is 445 g/mol. The Kier molecular flexibility index (Phi) is 4.54. The van der Waals surface area contributed by atoms with Gasteiger partial charge >= 0.3 is 11.9 Å².